The summed E-state index contributed by atoms with van der Waals surface area (Å²) in [5.74, 6) is -0.988. The minimum atomic E-state index is -0.988. The van der Waals surface area contributed by atoms with E-state index in [2.05, 4.69) is 10.6 Å². The Hall–Kier alpha value is -1.82. The third-order valence-corrected chi connectivity index (χ3v) is 2.95. The minimum absolute atomic E-state index is 0.0831. The summed E-state index contributed by atoms with van der Waals surface area (Å²) in [6.45, 7) is 4.15. The normalized spacial score (nSPS) is 10.8. The number of hydrogen-bond donors (Lipinski definition) is 3. The van der Waals surface area contributed by atoms with Gasteiger partial charge in [-0.2, -0.15) is 0 Å². The first kappa shape index (κ1) is 14.2. The molecule has 0 spiro atoms. The first-order valence-corrected chi connectivity index (χ1v) is 6.38. The van der Waals surface area contributed by atoms with Gasteiger partial charge in [0.1, 0.15) is 0 Å². The van der Waals surface area contributed by atoms with Gasteiger partial charge < -0.3 is 15.7 Å². The van der Waals surface area contributed by atoms with Crippen LogP contribution in [-0.4, -0.2) is 23.1 Å². The van der Waals surface area contributed by atoms with Crippen molar-refractivity contribution in [1.29, 1.82) is 0 Å². The molecule has 1 heterocycles. The van der Waals surface area contributed by atoms with Crippen LogP contribution in [0.1, 0.15) is 24.3 Å². The molecule has 98 valence electrons. The van der Waals surface area contributed by atoms with Gasteiger partial charge in [-0.25, -0.2) is 9.59 Å². The van der Waals surface area contributed by atoms with Gasteiger partial charge in [-0.3, -0.25) is 0 Å². The van der Waals surface area contributed by atoms with Gasteiger partial charge >= 0.3 is 12.0 Å². The molecule has 0 radical (unpaired) electrons. The van der Waals surface area contributed by atoms with Crippen LogP contribution < -0.4 is 10.6 Å². The molecule has 18 heavy (non-hydrogen) atoms. The van der Waals surface area contributed by atoms with Crippen molar-refractivity contribution >= 4 is 29.4 Å². The number of carboxylic acid groups (broad SMARTS) is 1. The van der Waals surface area contributed by atoms with E-state index in [1.54, 1.807) is 0 Å². The SMILES string of the molecule is CC(C)NC(=O)NCc1sccc1C=CC(=O)O. The third-order valence-electron chi connectivity index (χ3n) is 2.01. The van der Waals surface area contributed by atoms with Crippen molar-refractivity contribution in [3.63, 3.8) is 0 Å². The molecular weight excluding hydrogens is 252 g/mol. The quantitative estimate of drug-likeness (QED) is 0.715. The number of amides is 2. The molecular formula is C12H16N2O3S. The van der Waals surface area contributed by atoms with Crippen molar-refractivity contribution in [2.24, 2.45) is 0 Å². The highest BCUT2D eigenvalue weighted by atomic mass is 32.1. The molecule has 0 aliphatic rings. The Morgan fingerprint density at radius 3 is 2.83 bits per heavy atom. The number of carbonyl (C=O) groups excluding carboxylic acids is 1. The maximum absolute atomic E-state index is 11.4. The lowest BCUT2D eigenvalue weighted by Gasteiger charge is -2.09. The average Bonchev–Trinajstić information content (AvgIpc) is 2.70. The van der Waals surface area contributed by atoms with Crippen molar-refractivity contribution in [1.82, 2.24) is 10.6 Å². The fraction of sp³-hybridized carbons (Fsp3) is 0.333. The Balaban J connectivity index is 2.55. The number of rotatable bonds is 5. The van der Waals surface area contributed by atoms with Crippen molar-refractivity contribution in [3.8, 4) is 0 Å². The largest absolute Gasteiger partial charge is 0.478 e. The average molecular weight is 268 g/mol. The highest BCUT2D eigenvalue weighted by Gasteiger charge is 2.05. The van der Waals surface area contributed by atoms with E-state index in [9.17, 15) is 9.59 Å². The summed E-state index contributed by atoms with van der Waals surface area (Å²) in [5.41, 5.74) is 0.812. The van der Waals surface area contributed by atoms with Crippen molar-refractivity contribution in [2.75, 3.05) is 0 Å². The second-order valence-corrected chi connectivity index (χ2v) is 4.95. The van der Waals surface area contributed by atoms with E-state index in [4.69, 9.17) is 5.11 Å². The smallest absolute Gasteiger partial charge is 0.328 e. The predicted molar refractivity (Wildman–Crippen MR) is 71.5 cm³/mol. The number of aliphatic carboxylic acids is 1. The van der Waals surface area contributed by atoms with Crippen molar-refractivity contribution < 1.29 is 14.7 Å². The summed E-state index contributed by atoms with van der Waals surface area (Å²) in [6.07, 6.45) is 2.61. The second kappa shape index (κ2) is 6.80. The number of thiophene rings is 1. The zero-order valence-electron chi connectivity index (χ0n) is 10.3. The number of hydrogen-bond acceptors (Lipinski definition) is 3. The Morgan fingerprint density at radius 2 is 2.22 bits per heavy atom. The molecule has 0 fully saturated rings. The molecule has 3 N–H and O–H groups in total. The first-order chi connectivity index (χ1) is 8.49. The highest BCUT2D eigenvalue weighted by Crippen LogP contribution is 2.18. The van der Waals surface area contributed by atoms with Crippen LogP contribution in [0.5, 0.6) is 0 Å². The lowest BCUT2D eigenvalue weighted by molar-refractivity contribution is -0.131. The summed E-state index contributed by atoms with van der Waals surface area (Å²) in [6, 6.07) is 1.67. The Bertz CT molecular complexity index is 452. The Morgan fingerprint density at radius 1 is 1.50 bits per heavy atom. The molecule has 0 atom stereocenters. The van der Waals surface area contributed by atoms with Crippen LogP contribution in [0, 0.1) is 0 Å². The van der Waals surface area contributed by atoms with E-state index in [1.807, 2.05) is 25.3 Å². The predicted octanol–water partition coefficient (Wildman–Crippen LogP) is 2.05. The molecule has 0 aromatic carbocycles. The molecule has 0 bridgehead atoms. The van der Waals surface area contributed by atoms with Gasteiger partial charge in [-0.15, -0.1) is 11.3 Å². The summed E-state index contributed by atoms with van der Waals surface area (Å²) in [5, 5.41) is 15.9. The Labute approximate surface area is 110 Å². The molecule has 6 heteroatoms. The van der Waals surface area contributed by atoms with Crippen LogP contribution in [0.25, 0.3) is 6.08 Å². The monoisotopic (exact) mass is 268 g/mol. The fourth-order valence-corrected chi connectivity index (χ4v) is 2.08. The molecule has 1 aromatic rings. The molecule has 2 amide bonds. The lowest BCUT2D eigenvalue weighted by Crippen LogP contribution is -2.38. The maximum Gasteiger partial charge on any atom is 0.328 e. The number of carboxylic acids is 1. The van der Waals surface area contributed by atoms with Gasteiger partial charge in [-0.1, -0.05) is 0 Å². The van der Waals surface area contributed by atoms with Crippen LogP contribution in [0.3, 0.4) is 0 Å². The molecule has 0 aliphatic heterocycles. The van der Waals surface area contributed by atoms with Crippen LogP contribution >= 0.6 is 11.3 Å². The van der Waals surface area contributed by atoms with Gasteiger partial charge in [0.2, 0.25) is 0 Å². The molecule has 1 rings (SSSR count). The van der Waals surface area contributed by atoms with Crippen LogP contribution in [0.2, 0.25) is 0 Å². The van der Waals surface area contributed by atoms with Gasteiger partial charge in [0.15, 0.2) is 0 Å². The molecule has 0 saturated heterocycles. The zero-order valence-corrected chi connectivity index (χ0v) is 11.1. The number of nitrogens with one attached hydrogen (secondary N) is 2. The molecule has 0 unspecified atom stereocenters. The van der Waals surface area contributed by atoms with Gasteiger partial charge in [0.05, 0.1) is 6.54 Å². The summed E-state index contributed by atoms with van der Waals surface area (Å²) in [4.78, 5) is 22.7. The second-order valence-electron chi connectivity index (χ2n) is 3.95. The molecule has 0 aliphatic carbocycles. The van der Waals surface area contributed by atoms with Crippen LogP contribution in [0.4, 0.5) is 4.79 Å². The summed E-state index contributed by atoms with van der Waals surface area (Å²) in [7, 11) is 0. The van der Waals surface area contributed by atoms with E-state index < -0.39 is 5.97 Å². The van der Waals surface area contributed by atoms with Gasteiger partial charge in [0.25, 0.3) is 0 Å². The first-order valence-electron chi connectivity index (χ1n) is 5.50. The topological polar surface area (TPSA) is 78.4 Å². The third kappa shape index (κ3) is 5.01. The van der Waals surface area contributed by atoms with Crippen LogP contribution in [0.15, 0.2) is 17.5 Å². The van der Waals surface area contributed by atoms with E-state index >= 15 is 0 Å². The summed E-state index contributed by atoms with van der Waals surface area (Å²) >= 11 is 1.48. The maximum atomic E-state index is 11.4. The standard InChI is InChI=1S/C12H16N2O3S/c1-8(2)14-12(17)13-7-10-9(5-6-18-10)3-4-11(15)16/h3-6,8H,7H2,1-2H3,(H,15,16)(H2,13,14,17). The van der Waals surface area contributed by atoms with Crippen molar-refractivity contribution in [3.05, 3.63) is 28.0 Å². The van der Waals surface area contributed by atoms with E-state index in [0.717, 1.165) is 16.5 Å². The van der Waals surface area contributed by atoms with E-state index in [1.165, 1.54) is 17.4 Å². The lowest BCUT2D eigenvalue weighted by atomic mass is 10.2. The fourth-order valence-electron chi connectivity index (χ4n) is 1.28. The molecule has 1 aromatic heterocycles. The zero-order chi connectivity index (χ0) is 13.5. The highest BCUT2D eigenvalue weighted by molar-refractivity contribution is 7.10. The van der Waals surface area contributed by atoms with E-state index in [0.29, 0.717) is 6.54 Å². The van der Waals surface area contributed by atoms with E-state index in [-0.39, 0.29) is 12.1 Å². The number of urea groups is 1. The van der Waals surface area contributed by atoms with Gasteiger partial charge in [0, 0.05) is 17.0 Å². The summed E-state index contributed by atoms with van der Waals surface area (Å²) < 4.78 is 0. The van der Waals surface area contributed by atoms with Crippen LogP contribution in [-0.2, 0) is 11.3 Å². The van der Waals surface area contributed by atoms with Gasteiger partial charge in [-0.05, 0) is 36.9 Å². The Kier molecular flexibility index (Phi) is 5.38. The van der Waals surface area contributed by atoms with Crippen molar-refractivity contribution in [2.45, 2.75) is 26.4 Å². The molecule has 0 saturated carbocycles. The number of carbonyl (C=O) groups is 2. The minimum Gasteiger partial charge on any atom is -0.478 e. The molecule has 5 nitrogen and oxygen atoms in total.